The van der Waals surface area contributed by atoms with Crippen LogP contribution in [0.15, 0.2) is 51.2 Å². The molecule has 0 aliphatic carbocycles. The molecule has 2 atom stereocenters. The van der Waals surface area contributed by atoms with Crippen molar-refractivity contribution in [3.8, 4) is 11.5 Å². The highest BCUT2D eigenvalue weighted by molar-refractivity contribution is 8.01. The van der Waals surface area contributed by atoms with E-state index in [1.165, 1.54) is 39.6 Å². The number of carbonyl (C=O) groups is 4. The molecule has 1 fully saturated rings. The first kappa shape index (κ1) is 32.5. The molecule has 0 spiro atoms. The van der Waals surface area contributed by atoms with Gasteiger partial charge < -0.3 is 36.3 Å². The quantitative estimate of drug-likeness (QED) is 0.0316. The molecule has 6 rings (SSSR count). The number of nitrogens with one attached hydrogen (secondary N) is 1. The number of aryl methyl sites for hydroxylation is 1. The number of phenols is 2. The lowest BCUT2D eigenvalue weighted by molar-refractivity contribution is -0.150. The van der Waals surface area contributed by atoms with E-state index >= 15 is 0 Å². The van der Waals surface area contributed by atoms with Crippen LogP contribution in [0.25, 0.3) is 5.65 Å². The van der Waals surface area contributed by atoms with Gasteiger partial charge in [-0.15, -0.1) is 40.0 Å². The maximum Gasteiger partial charge on any atom is 0.352 e. The summed E-state index contributed by atoms with van der Waals surface area (Å²) < 4.78 is 1.54. The van der Waals surface area contributed by atoms with Gasteiger partial charge >= 0.3 is 11.9 Å². The van der Waals surface area contributed by atoms with Crippen molar-refractivity contribution in [2.75, 3.05) is 17.2 Å². The molecule has 21 heteroatoms. The number of rotatable bonds is 11. The predicted molar refractivity (Wildman–Crippen MR) is 171 cm³/mol. The van der Waals surface area contributed by atoms with Crippen LogP contribution in [0, 0.1) is 6.92 Å². The minimum atomic E-state index is -1.41. The Bertz CT molecular complexity index is 2060. The van der Waals surface area contributed by atoms with Crippen LogP contribution >= 0.6 is 34.9 Å². The zero-order valence-electron chi connectivity index (χ0n) is 24.4. The molecule has 0 saturated carbocycles. The molecule has 1 aromatic carbocycles. The molecule has 0 radical (unpaired) electrons. The maximum atomic E-state index is 13.4. The van der Waals surface area contributed by atoms with E-state index in [-0.39, 0.29) is 39.2 Å². The number of aromatic hydroxyl groups is 2. The SMILES string of the molecule is Cc1cc(SCC2=C(C(=O)O)N3C(=O)[C@@H](NC(=O)/C(=N\OCc4cc(O)c(O)cc4C(=O)O)c4csc(N)n4)[C@H]3SC2)n2nncc2n1. The predicted octanol–water partition coefficient (Wildman–Crippen LogP) is 1.03. The van der Waals surface area contributed by atoms with Crippen LogP contribution in [-0.4, -0.2) is 103 Å². The fourth-order valence-corrected chi connectivity index (χ4v) is 7.98. The highest BCUT2D eigenvalue weighted by Crippen LogP contribution is 2.41. The average molecular weight is 714 g/mol. The number of hydrogen-bond acceptors (Lipinski definition) is 16. The first-order valence-electron chi connectivity index (χ1n) is 13.6. The summed E-state index contributed by atoms with van der Waals surface area (Å²) in [7, 11) is 0. The van der Waals surface area contributed by atoms with Gasteiger partial charge in [0.2, 0.25) is 0 Å². The van der Waals surface area contributed by atoms with Gasteiger partial charge in [0, 0.05) is 28.1 Å². The van der Waals surface area contributed by atoms with E-state index in [0.717, 1.165) is 34.1 Å². The summed E-state index contributed by atoms with van der Waals surface area (Å²) in [6, 6.07) is 2.50. The van der Waals surface area contributed by atoms with Gasteiger partial charge in [0.05, 0.1) is 11.8 Å². The number of nitrogens with zero attached hydrogens (tertiary/aromatic N) is 7. The third-order valence-corrected chi connectivity index (χ3v) is 10.2. The van der Waals surface area contributed by atoms with Gasteiger partial charge in [0.15, 0.2) is 28.0 Å². The number of amides is 2. The summed E-state index contributed by atoms with van der Waals surface area (Å²) in [5, 5.41) is 54.8. The number of thioether (sulfide) groups is 2. The Morgan fingerprint density at radius 2 is 1.94 bits per heavy atom. The topological polar surface area (TPSA) is 268 Å². The minimum absolute atomic E-state index is 0.000192. The molecule has 2 amide bonds. The fourth-order valence-electron chi connectivity index (χ4n) is 4.89. The van der Waals surface area contributed by atoms with E-state index in [4.69, 9.17) is 10.6 Å². The monoisotopic (exact) mass is 713 g/mol. The smallest absolute Gasteiger partial charge is 0.352 e. The van der Waals surface area contributed by atoms with Crippen molar-refractivity contribution in [1.29, 1.82) is 0 Å². The molecular weight excluding hydrogens is 691 g/mol. The average Bonchev–Trinajstić information content (AvgIpc) is 3.70. The van der Waals surface area contributed by atoms with Crippen LogP contribution in [-0.2, 0) is 25.8 Å². The summed E-state index contributed by atoms with van der Waals surface area (Å²) in [4.78, 5) is 65.6. The van der Waals surface area contributed by atoms with E-state index in [1.807, 2.05) is 6.92 Å². The standard InChI is InChI=1S/C27H23N9O9S3/c1-10-2-18(36-17(30-10)5-29-34-36)46-7-12-8-47-24-20(23(40)35(24)21(12)26(43)44)32-22(39)19(14-9-48-27(28)31-14)33-45-6-11-3-15(37)16(38)4-13(11)25(41)42/h2-5,9,20,24,37-38H,6-8H2,1H3,(H2,28,31)(H,32,39)(H,41,42)(H,43,44)/b33-19-/t20-,24-/m1/s1. The van der Waals surface area contributed by atoms with Crippen LogP contribution < -0.4 is 11.1 Å². The lowest BCUT2D eigenvalue weighted by Gasteiger charge is -2.49. The van der Waals surface area contributed by atoms with Crippen LogP contribution in [0.2, 0.25) is 0 Å². The third kappa shape index (κ3) is 6.16. The van der Waals surface area contributed by atoms with Crippen molar-refractivity contribution in [2.24, 2.45) is 5.16 Å². The van der Waals surface area contributed by atoms with Gasteiger partial charge in [-0.05, 0) is 30.7 Å². The van der Waals surface area contributed by atoms with E-state index in [9.17, 15) is 39.6 Å². The number of thiazole rings is 1. The summed E-state index contributed by atoms with van der Waals surface area (Å²) in [6.07, 6.45) is 1.51. The molecular formula is C27H23N9O9S3. The molecule has 248 valence electrons. The van der Waals surface area contributed by atoms with Gasteiger partial charge in [0.1, 0.15) is 34.4 Å². The Labute approximate surface area is 281 Å². The second-order valence-electron chi connectivity index (χ2n) is 10.2. The number of β-lactam (4-membered cyclic amide) rings is 1. The number of aromatic carboxylic acids is 1. The molecule has 2 aliphatic heterocycles. The van der Waals surface area contributed by atoms with Crippen molar-refractivity contribution < 1.29 is 44.4 Å². The van der Waals surface area contributed by atoms with Gasteiger partial charge in [-0.25, -0.2) is 19.6 Å². The Hall–Kier alpha value is -5.41. The molecule has 1 saturated heterocycles. The highest BCUT2D eigenvalue weighted by Gasteiger charge is 2.54. The van der Waals surface area contributed by atoms with Gasteiger partial charge in [0.25, 0.3) is 11.8 Å². The fraction of sp³-hybridized carbons (Fsp3) is 0.222. The Kier molecular flexibility index (Phi) is 8.81. The van der Waals surface area contributed by atoms with Gasteiger partial charge in [-0.3, -0.25) is 14.5 Å². The van der Waals surface area contributed by atoms with E-state index in [2.05, 4.69) is 30.8 Å². The number of carboxylic acid groups (broad SMARTS) is 2. The number of carboxylic acids is 2. The number of hydrogen-bond donors (Lipinski definition) is 6. The zero-order valence-corrected chi connectivity index (χ0v) is 26.9. The lowest BCUT2D eigenvalue weighted by atomic mass is 10.0. The number of nitrogens with two attached hydrogens (primary N) is 1. The van der Waals surface area contributed by atoms with Crippen LogP contribution in [0.4, 0.5) is 5.13 Å². The lowest BCUT2D eigenvalue weighted by Crippen LogP contribution is -2.71. The Morgan fingerprint density at radius 3 is 2.65 bits per heavy atom. The normalized spacial score (nSPS) is 17.6. The molecule has 18 nitrogen and oxygen atoms in total. The summed E-state index contributed by atoms with van der Waals surface area (Å²) in [5.41, 5.74) is 6.52. The first-order chi connectivity index (χ1) is 22.9. The van der Waals surface area contributed by atoms with Crippen molar-refractivity contribution in [1.82, 2.24) is 35.0 Å². The largest absolute Gasteiger partial charge is 0.504 e. The number of phenolic OH excluding ortho intramolecular Hbond substituents is 2. The molecule has 48 heavy (non-hydrogen) atoms. The molecule has 5 heterocycles. The number of nitrogen functional groups attached to an aromatic ring is 1. The van der Waals surface area contributed by atoms with Crippen molar-refractivity contribution in [3.63, 3.8) is 0 Å². The Morgan fingerprint density at radius 1 is 1.17 bits per heavy atom. The van der Waals surface area contributed by atoms with Gasteiger partial charge in [-0.1, -0.05) is 10.4 Å². The third-order valence-electron chi connectivity index (χ3n) is 7.08. The Balaban J connectivity index is 1.19. The number of benzene rings is 1. The second-order valence-corrected chi connectivity index (χ2v) is 13.2. The summed E-state index contributed by atoms with van der Waals surface area (Å²) in [5.74, 6) is -4.99. The van der Waals surface area contributed by atoms with Crippen molar-refractivity contribution in [2.45, 2.75) is 30.0 Å². The molecule has 4 aromatic rings. The molecule has 2 aliphatic rings. The number of fused-ring (bicyclic) bond motifs is 2. The minimum Gasteiger partial charge on any atom is -0.504 e. The molecule has 3 aromatic heterocycles. The first-order valence-corrected chi connectivity index (χ1v) is 16.6. The summed E-state index contributed by atoms with van der Waals surface area (Å²) in [6.45, 7) is 1.28. The summed E-state index contributed by atoms with van der Waals surface area (Å²) >= 11 is 3.60. The van der Waals surface area contributed by atoms with Crippen molar-refractivity contribution in [3.05, 3.63) is 63.6 Å². The highest BCUT2D eigenvalue weighted by atomic mass is 32.2. The van der Waals surface area contributed by atoms with Crippen LogP contribution in [0.5, 0.6) is 11.5 Å². The van der Waals surface area contributed by atoms with Gasteiger partial charge in [-0.2, -0.15) is 4.52 Å². The van der Waals surface area contributed by atoms with E-state index < -0.39 is 59.0 Å². The van der Waals surface area contributed by atoms with E-state index in [1.54, 1.807) is 6.07 Å². The maximum absolute atomic E-state index is 13.4. The van der Waals surface area contributed by atoms with Crippen molar-refractivity contribution >= 4 is 75.1 Å². The number of anilines is 1. The number of aromatic nitrogens is 5. The number of aliphatic carboxylic acids is 1. The second kappa shape index (κ2) is 13.0. The van der Waals surface area contributed by atoms with Crippen LogP contribution in [0.1, 0.15) is 27.3 Å². The molecule has 0 unspecified atom stereocenters. The number of oxime groups is 1. The van der Waals surface area contributed by atoms with E-state index in [0.29, 0.717) is 16.2 Å². The number of carbonyl (C=O) groups excluding carboxylic acids is 2. The molecule has 7 N–H and O–H groups in total. The molecule has 0 bridgehead atoms. The zero-order chi connectivity index (χ0) is 34.3. The van der Waals surface area contributed by atoms with Crippen LogP contribution in [0.3, 0.4) is 0 Å².